The number of rotatable bonds is 5. The van der Waals surface area contributed by atoms with Gasteiger partial charge in [-0.15, -0.1) is 10.2 Å². The van der Waals surface area contributed by atoms with Crippen LogP contribution in [0.2, 0.25) is 0 Å². The fraction of sp³-hybridized carbons (Fsp3) is 0.474. The largest absolute Gasteiger partial charge is 0.369 e. The number of hydrogen-bond donors (Lipinski definition) is 1. The van der Waals surface area contributed by atoms with E-state index in [1.807, 2.05) is 38.1 Å². The fourth-order valence-electron chi connectivity index (χ4n) is 4.15. The van der Waals surface area contributed by atoms with Crippen LogP contribution in [0.4, 0.5) is 0 Å². The molecule has 2 amide bonds. The van der Waals surface area contributed by atoms with Crippen molar-refractivity contribution in [2.75, 3.05) is 5.75 Å². The minimum atomic E-state index is -0.409. The Balaban J connectivity index is 1.74. The normalized spacial score (nSPS) is 20.1. The standard InChI is InChI=1S/C19H24N6O2S/c1-12-6-5-7-13(2)24(12)17(27)10-23-14-8-3-4-9-15(14)25-18(23)21-22-19(25)28-11-16(20)26/h3-4,8-9,12-13H,5-7,10-11H2,1-2H3,(H2,20,26). The molecule has 0 radical (unpaired) electrons. The summed E-state index contributed by atoms with van der Waals surface area (Å²) in [4.78, 5) is 26.4. The first-order valence-corrected chi connectivity index (χ1v) is 10.5. The number of primary amides is 1. The zero-order valence-electron chi connectivity index (χ0n) is 16.0. The van der Waals surface area contributed by atoms with Gasteiger partial charge in [-0.05, 0) is 45.2 Å². The van der Waals surface area contributed by atoms with Crippen LogP contribution in [0.25, 0.3) is 16.8 Å². The van der Waals surface area contributed by atoms with Crippen molar-refractivity contribution in [3.63, 3.8) is 0 Å². The molecular formula is C19H24N6O2S. The molecule has 3 heterocycles. The molecule has 2 N–H and O–H groups in total. The topological polar surface area (TPSA) is 98.5 Å². The lowest BCUT2D eigenvalue weighted by atomic mass is 9.97. The van der Waals surface area contributed by atoms with Gasteiger partial charge < -0.3 is 10.6 Å². The third kappa shape index (κ3) is 3.23. The number of likely N-dealkylation sites (tertiary alicyclic amines) is 1. The monoisotopic (exact) mass is 400 g/mol. The van der Waals surface area contributed by atoms with E-state index < -0.39 is 5.91 Å². The highest BCUT2D eigenvalue weighted by Gasteiger charge is 2.30. The average molecular weight is 401 g/mol. The highest BCUT2D eigenvalue weighted by atomic mass is 32.2. The van der Waals surface area contributed by atoms with Crippen molar-refractivity contribution in [2.45, 2.75) is 56.9 Å². The van der Waals surface area contributed by atoms with Gasteiger partial charge in [0.1, 0.15) is 6.54 Å². The van der Waals surface area contributed by atoms with Gasteiger partial charge in [-0.25, -0.2) is 0 Å². The van der Waals surface area contributed by atoms with Crippen molar-refractivity contribution >= 4 is 40.4 Å². The van der Waals surface area contributed by atoms with Crippen LogP contribution in [-0.2, 0) is 16.1 Å². The van der Waals surface area contributed by atoms with E-state index in [1.165, 1.54) is 11.8 Å². The molecule has 1 aliphatic heterocycles. The number of aromatic nitrogens is 4. The number of nitrogens with two attached hydrogens (primary N) is 1. The summed E-state index contributed by atoms with van der Waals surface area (Å²) in [5.41, 5.74) is 7.09. The Bertz CT molecular complexity index is 1030. The van der Waals surface area contributed by atoms with Gasteiger partial charge in [-0.1, -0.05) is 23.9 Å². The van der Waals surface area contributed by atoms with E-state index in [-0.39, 0.29) is 30.3 Å². The average Bonchev–Trinajstić information content (AvgIpc) is 3.20. The third-order valence-electron chi connectivity index (χ3n) is 5.39. The summed E-state index contributed by atoms with van der Waals surface area (Å²) in [5, 5.41) is 9.11. The van der Waals surface area contributed by atoms with Gasteiger partial charge in [0.25, 0.3) is 0 Å². The van der Waals surface area contributed by atoms with Crippen molar-refractivity contribution in [3.05, 3.63) is 24.3 Å². The molecule has 0 aliphatic carbocycles. The molecule has 2 atom stereocenters. The second-order valence-electron chi connectivity index (χ2n) is 7.38. The van der Waals surface area contributed by atoms with Crippen molar-refractivity contribution in [1.82, 2.24) is 24.1 Å². The van der Waals surface area contributed by atoms with Crippen molar-refractivity contribution in [2.24, 2.45) is 5.73 Å². The number of para-hydroxylation sites is 2. The Morgan fingerprint density at radius 3 is 2.50 bits per heavy atom. The van der Waals surface area contributed by atoms with Gasteiger partial charge in [-0.3, -0.25) is 18.6 Å². The Hall–Kier alpha value is -2.55. The molecule has 3 aromatic rings. The van der Waals surface area contributed by atoms with Crippen LogP contribution in [0.5, 0.6) is 0 Å². The molecule has 2 unspecified atom stereocenters. The van der Waals surface area contributed by atoms with Gasteiger partial charge >= 0.3 is 0 Å². The zero-order chi connectivity index (χ0) is 19.8. The first kappa shape index (κ1) is 18.8. The molecule has 1 aliphatic rings. The van der Waals surface area contributed by atoms with Crippen molar-refractivity contribution < 1.29 is 9.59 Å². The molecule has 1 saturated heterocycles. The summed E-state index contributed by atoms with van der Waals surface area (Å²) >= 11 is 1.25. The van der Waals surface area contributed by atoms with Gasteiger partial charge in [0, 0.05) is 12.1 Å². The summed E-state index contributed by atoms with van der Waals surface area (Å²) in [6.45, 7) is 4.45. The molecular weight excluding hydrogens is 376 g/mol. The van der Waals surface area contributed by atoms with Gasteiger partial charge in [0.15, 0.2) is 5.16 Å². The second-order valence-corrected chi connectivity index (χ2v) is 8.32. The predicted molar refractivity (Wildman–Crippen MR) is 108 cm³/mol. The number of nitrogens with zero attached hydrogens (tertiary/aromatic N) is 5. The number of amides is 2. The summed E-state index contributed by atoms with van der Waals surface area (Å²) in [7, 11) is 0. The first-order chi connectivity index (χ1) is 13.5. The Morgan fingerprint density at radius 1 is 1.14 bits per heavy atom. The minimum absolute atomic E-state index is 0.0947. The quantitative estimate of drug-likeness (QED) is 0.661. The van der Waals surface area contributed by atoms with Crippen LogP contribution in [0.1, 0.15) is 33.1 Å². The molecule has 1 fully saturated rings. The number of piperidine rings is 1. The van der Waals surface area contributed by atoms with Crippen LogP contribution < -0.4 is 5.73 Å². The molecule has 1 aromatic carbocycles. The number of imidazole rings is 1. The lowest BCUT2D eigenvalue weighted by Gasteiger charge is -2.39. The summed E-state index contributed by atoms with van der Waals surface area (Å²) in [5.74, 6) is 0.409. The Labute approximate surface area is 167 Å². The third-order valence-corrected chi connectivity index (χ3v) is 6.34. The van der Waals surface area contributed by atoms with E-state index in [4.69, 9.17) is 5.73 Å². The molecule has 148 valence electrons. The number of thioether (sulfide) groups is 1. The Kier molecular flexibility index (Phi) is 5.01. The minimum Gasteiger partial charge on any atom is -0.369 e. The maximum absolute atomic E-state index is 13.2. The predicted octanol–water partition coefficient (Wildman–Crippen LogP) is 2.05. The SMILES string of the molecule is CC1CCCC(C)N1C(=O)Cn1c2ccccc2n2c(SCC(N)=O)nnc12. The number of carbonyl (C=O) groups is 2. The number of fused-ring (bicyclic) bond motifs is 3. The molecule has 0 bridgehead atoms. The highest BCUT2D eigenvalue weighted by Crippen LogP contribution is 2.27. The lowest BCUT2D eigenvalue weighted by Crippen LogP contribution is -2.48. The van der Waals surface area contributed by atoms with Crippen LogP contribution >= 0.6 is 11.8 Å². The molecule has 28 heavy (non-hydrogen) atoms. The van der Waals surface area contributed by atoms with Gasteiger partial charge in [0.2, 0.25) is 17.6 Å². The molecule has 0 spiro atoms. The van der Waals surface area contributed by atoms with Crippen LogP contribution in [-0.4, -0.2) is 53.7 Å². The van der Waals surface area contributed by atoms with E-state index in [0.717, 1.165) is 30.3 Å². The summed E-state index contributed by atoms with van der Waals surface area (Å²) < 4.78 is 3.80. The van der Waals surface area contributed by atoms with E-state index in [2.05, 4.69) is 24.0 Å². The smallest absolute Gasteiger partial charge is 0.243 e. The van der Waals surface area contributed by atoms with E-state index >= 15 is 0 Å². The zero-order valence-corrected chi connectivity index (χ0v) is 16.9. The first-order valence-electron chi connectivity index (χ1n) is 9.52. The lowest BCUT2D eigenvalue weighted by molar-refractivity contribution is -0.137. The maximum atomic E-state index is 13.2. The van der Waals surface area contributed by atoms with E-state index in [1.54, 1.807) is 0 Å². The van der Waals surface area contributed by atoms with E-state index in [9.17, 15) is 9.59 Å². The molecule has 4 rings (SSSR count). The van der Waals surface area contributed by atoms with Crippen molar-refractivity contribution in [3.8, 4) is 0 Å². The molecule has 0 saturated carbocycles. The van der Waals surface area contributed by atoms with Crippen LogP contribution in [0.15, 0.2) is 29.4 Å². The fourth-order valence-corrected chi connectivity index (χ4v) is 4.83. The summed E-state index contributed by atoms with van der Waals surface area (Å²) in [6.07, 6.45) is 3.24. The molecule has 9 heteroatoms. The number of hydrogen-bond acceptors (Lipinski definition) is 5. The maximum Gasteiger partial charge on any atom is 0.243 e. The summed E-state index contributed by atoms with van der Waals surface area (Å²) in [6, 6.07) is 8.31. The Morgan fingerprint density at radius 2 is 1.82 bits per heavy atom. The second kappa shape index (κ2) is 7.46. The van der Waals surface area contributed by atoms with Gasteiger partial charge in [-0.2, -0.15) is 0 Å². The van der Waals surface area contributed by atoms with Crippen molar-refractivity contribution in [1.29, 1.82) is 0 Å². The van der Waals surface area contributed by atoms with Crippen LogP contribution in [0, 0.1) is 0 Å². The molecule has 2 aromatic heterocycles. The van der Waals surface area contributed by atoms with Gasteiger partial charge in [0.05, 0.1) is 16.8 Å². The highest BCUT2D eigenvalue weighted by molar-refractivity contribution is 7.99. The van der Waals surface area contributed by atoms with E-state index in [0.29, 0.717) is 10.9 Å². The molecule has 8 nitrogen and oxygen atoms in total. The number of benzene rings is 1. The number of carbonyl (C=O) groups excluding carboxylic acids is 2. The van der Waals surface area contributed by atoms with Crippen LogP contribution in [0.3, 0.4) is 0 Å².